The molecule has 58 heavy (non-hydrogen) atoms. The molecule has 0 spiro atoms. The van der Waals surface area contributed by atoms with Crippen LogP contribution < -0.4 is 15.8 Å². The van der Waals surface area contributed by atoms with Gasteiger partial charge in [0.15, 0.2) is 7.28 Å². The Labute approximate surface area is 345 Å². The molecule has 5 heterocycles. The molecule has 4 aromatic heterocycles. The lowest BCUT2D eigenvalue weighted by Gasteiger charge is -2.35. The van der Waals surface area contributed by atoms with Gasteiger partial charge in [-0.3, -0.25) is 0 Å². The van der Waals surface area contributed by atoms with Crippen LogP contribution in [0.5, 0.6) is 0 Å². The standard InChI is InChI=1S/C52H28BN2S3/c1-2-11-30-28(10-1)20-22-34-33-15-9-16-36(52(33)54-51(30)34)49-48-35-14-5-8-19-44(35)58-47(48)27-41-50(49)53-39-26-46-38(32-13-4-7-18-43(32)57-46)25-40(39)55(41)29-21-23-45-37(24-29)31-12-3-6-17-42(31)56-45/h1-27,54H. The predicted octanol–water partition coefficient (Wildman–Crippen LogP) is 14.7. The van der Waals surface area contributed by atoms with Crippen LogP contribution in [0, 0.1) is 0 Å². The summed E-state index contributed by atoms with van der Waals surface area (Å²) >= 11 is 5.66. The Morgan fingerprint density at radius 1 is 0.414 bits per heavy atom. The number of hydrogen-bond acceptors (Lipinski definition) is 4. The summed E-state index contributed by atoms with van der Waals surface area (Å²) in [7, 11) is 2.49. The summed E-state index contributed by atoms with van der Waals surface area (Å²) in [5.74, 6) is 0. The van der Waals surface area contributed by atoms with Crippen molar-refractivity contribution in [2.75, 3.05) is 4.90 Å². The molecule has 1 aliphatic heterocycles. The van der Waals surface area contributed by atoms with Gasteiger partial charge in [-0.25, -0.2) is 0 Å². The second-order valence-electron chi connectivity index (χ2n) is 15.5. The Bertz CT molecular complexity index is 3920. The molecule has 0 saturated heterocycles. The number of anilines is 3. The first-order valence-corrected chi connectivity index (χ1v) is 22.1. The largest absolute Gasteiger partial charge is 0.353 e. The number of aromatic amines is 1. The van der Waals surface area contributed by atoms with E-state index in [4.69, 9.17) is 0 Å². The molecular formula is C52H28BN2S3. The van der Waals surface area contributed by atoms with Crippen LogP contribution in [0.25, 0.3) is 104 Å². The fraction of sp³-hybridized carbons (Fsp3) is 0. The van der Waals surface area contributed by atoms with E-state index in [1.54, 1.807) is 0 Å². The highest BCUT2D eigenvalue weighted by Gasteiger charge is 2.32. The minimum absolute atomic E-state index is 1.17. The van der Waals surface area contributed by atoms with Crippen molar-refractivity contribution in [3.63, 3.8) is 0 Å². The number of H-pyrrole nitrogens is 1. The van der Waals surface area contributed by atoms with E-state index in [2.05, 4.69) is 181 Å². The maximum atomic E-state index is 4.01. The average Bonchev–Trinajstić information content (AvgIpc) is 4.04. The lowest BCUT2D eigenvalue weighted by molar-refractivity contribution is 1.32. The van der Waals surface area contributed by atoms with Crippen LogP contribution >= 0.6 is 34.0 Å². The highest BCUT2D eigenvalue weighted by atomic mass is 32.1. The van der Waals surface area contributed by atoms with E-state index < -0.39 is 0 Å². The van der Waals surface area contributed by atoms with Crippen molar-refractivity contribution in [2.45, 2.75) is 0 Å². The summed E-state index contributed by atoms with van der Waals surface area (Å²) in [6.07, 6.45) is 0. The second kappa shape index (κ2) is 11.6. The third-order valence-corrected chi connectivity index (χ3v) is 15.8. The van der Waals surface area contributed by atoms with E-state index in [0.717, 1.165) is 0 Å². The number of fused-ring (bicyclic) bond motifs is 16. The van der Waals surface area contributed by atoms with Gasteiger partial charge in [0.1, 0.15) is 0 Å². The summed E-state index contributed by atoms with van der Waals surface area (Å²) in [5.41, 5.74) is 10.9. The van der Waals surface area contributed by atoms with Crippen molar-refractivity contribution in [1.82, 2.24) is 4.98 Å². The highest BCUT2D eigenvalue weighted by molar-refractivity contribution is 7.26. The summed E-state index contributed by atoms with van der Waals surface area (Å²) in [5, 5.41) is 12.9. The van der Waals surface area contributed by atoms with E-state index >= 15 is 0 Å². The number of thiophene rings is 3. The Morgan fingerprint density at radius 2 is 1.05 bits per heavy atom. The van der Waals surface area contributed by atoms with Gasteiger partial charge >= 0.3 is 0 Å². The summed E-state index contributed by atoms with van der Waals surface area (Å²) in [4.78, 5) is 6.58. The minimum Gasteiger partial charge on any atom is -0.353 e. The fourth-order valence-corrected chi connectivity index (χ4v) is 13.2. The SMILES string of the molecule is [B]1c2cc3sc4ccccc4c3cc2N(c2ccc3sc4ccccc4c3c2)c2cc3sc4ccccc4c3c(-c3cccc4c3[nH]c3c5ccccc5ccc43)c21. The van der Waals surface area contributed by atoms with Gasteiger partial charge in [0.05, 0.1) is 11.0 Å². The molecule has 267 valence electrons. The zero-order chi connectivity index (χ0) is 37.6. The Balaban J connectivity index is 1.13. The molecule has 0 aliphatic carbocycles. The van der Waals surface area contributed by atoms with Crippen molar-refractivity contribution in [1.29, 1.82) is 0 Å². The van der Waals surface area contributed by atoms with Crippen molar-refractivity contribution >= 4 is 162 Å². The van der Waals surface area contributed by atoms with Gasteiger partial charge in [-0.05, 0) is 71.0 Å². The van der Waals surface area contributed by atoms with E-state index in [1.807, 2.05) is 34.0 Å². The number of para-hydroxylation sites is 1. The molecule has 1 radical (unpaired) electrons. The molecular weight excluding hydrogens is 760 g/mol. The Kier molecular flexibility index (Phi) is 6.32. The first-order valence-electron chi connectivity index (χ1n) is 19.7. The van der Waals surface area contributed by atoms with Gasteiger partial charge in [-0.15, -0.1) is 34.0 Å². The first kappa shape index (κ1) is 31.6. The van der Waals surface area contributed by atoms with Crippen LogP contribution in [0.15, 0.2) is 164 Å². The number of aromatic nitrogens is 1. The van der Waals surface area contributed by atoms with Gasteiger partial charge < -0.3 is 9.88 Å². The molecule has 0 atom stereocenters. The van der Waals surface area contributed by atoms with Crippen molar-refractivity contribution in [2.24, 2.45) is 0 Å². The van der Waals surface area contributed by atoms with Crippen LogP contribution in [0.3, 0.4) is 0 Å². The summed E-state index contributed by atoms with van der Waals surface area (Å²) in [6, 6.07) is 61.3. The van der Waals surface area contributed by atoms with Crippen molar-refractivity contribution in [3.05, 3.63) is 164 Å². The number of rotatable bonds is 2. The minimum atomic E-state index is 1.17. The normalized spacial score (nSPS) is 12.9. The zero-order valence-electron chi connectivity index (χ0n) is 30.8. The number of nitrogens with zero attached hydrogens (tertiary/aromatic N) is 1. The lowest BCUT2D eigenvalue weighted by Crippen LogP contribution is -2.41. The van der Waals surface area contributed by atoms with Gasteiger partial charge in [-0.2, -0.15) is 0 Å². The number of hydrogen-bond donors (Lipinski definition) is 1. The monoisotopic (exact) mass is 787 g/mol. The van der Waals surface area contributed by atoms with Crippen LogP contribution in [0.4, 0.5) is 17.1 Å². The molecule has 0 bridgehead atoms. The fourth-order valence-electron chi connectivity index (χ4n) is 9.88. The van der Waals surface area contributed by atoms with Gasteiger partial charge in [0.2, 0.25) is 0 Å². The maximum Gasteiger partial charge on any atom is 0.197 e. The molecule has 2 nitrogen and oxygen atoms in total. The van der Waals surface area contributed by atoms with E-state index in [-0.39, 0.29) is 0 Å². The third-order valence-electron chi connectivity index (χ3n) is 12.4. The lowest BCUT2D eigenvalue weighted by atomic mass is 9.57. The van der Waals surface area contributed by atoms with Gasteiger partial charge in [0, 0.05) is 99.3 Å². The topological polar surface area (TPSA) is 19.0 Å². The molecule has 1 aliphatic rings. The molecule has 9 aromatic carbocycles. The molecule has 0 amide bonds. The Hall–Kier alpha value is -6.44. The Morgan fingerprint density at radius 3 is 1.88 bits per heavy atom. The van der Waals surface area contributed by atoms with Gasteiger partial charge in [0.25, 0.3) is 0 Å². The van der Waals surface area contributed by atoms with Crippen LogP contribution in [0.2, 0.25) is 0 Å². The number of nitrogens with one attached hydrogen (secondary N) is 1. The maximum absolute atomic E-state index is 4.01. The molecule has 0 fully saturated rings. The van der Waals surface area contributed by atoms with Crippen molar-refractivity contribution in [3.8, 4) is 11.1 Å². The molecule has 1 N–H and O–H groups in total. The molecule has 0 saturated carbocycles. The summed E-state index contributed by atoms with van der Waals surface area (Å²) in [6.45, 7) is 0. The quantitative estimate of drug-likeness (QED) is 0.173. The van der Waals surface area contributed by atoms with Gasteiger partial charge in [-0.1, -0.05) is 115 Å². The summed E-state index contributed by atoms with van der Waals surface area (Å²) < 4.78 is 7.86. The average molecular weight is 788 g/mol. The molecule has 0 unspecified atom stereocenters. The smallest absolute Gasteiger partial charge is 0.197 e. The third kappa shape index (κ3) is 4.26. The second-order valence-corrected chi connectivity index (χ2v) is 18.7. The van der Waals surface area contributed by atoms with E-state index in [1.165, 1.54) is 132 Å². The van der Waals surface area contributed by atoms with Crippen LogP contribution in [0.1, 0.15) is 0 Å². The van der Waals surface area contributed by atoms with E-state index in [0.29, 0.717) is 0 Å². The first-order chi connectivity index (χ1) is 28.7. The number of benzene rings is 9. The molecule has 14 rings (SSSR count). The zero-order valence-corrected chi connectivity index (χ0v) is 33.3. The van der Waals surface area contributed by atoms with Crippen LogP contribution in [-0.2, 0) is 0 Å². The predicted molar refractivity (Wildman–Crippen MR) is 257 cm³/mol. The van der Waals surface area contributed by atoms with Crippen LogP contribution in [-0.4, -0.2) is 12.3 Å². The molecule has 6 heteroatoms. The highest BCUT2D eigenvalue weighted by Crippen LogP contribution is 2.49. The molecule has 13 aromatic rings. The van der Waals surface area contributed by atoms with E-state index in [9.17, 15) is 0 Å². The van der Waals surface area contributed by atoms with Crippen molar-refractivity contribution < 1.29 is 0 Å².